The molecule has 5 rings (SSSR count). The van der Waals surface area contributed by atoms with Crippen LogP contribution in [0.3, 0.4) is 0 Å². The molecule has 0 bridgehead atoms. The smallest absolute Gasteiger partial charge is 0.188 e. The summed E-state index contributed by atoms with van der Waals surface area (Å²) >= 11 is 3.22. The van der Waals surface area contributed by atoms with Gasteiger partial charge in [-0.3, -0.25) is 4.68 Å². The molecule has 10 heteroatoms. The van der Waals surface area contributed by atoms with Crippen LogP contribution in [0.4, 0.5) is 5.13 Å². The van der Waals surface area contributed by atoms with Crippen molar-refractivity contribution >= 4 is 60.8 Å². The summed E-state index contributed by atoms with van der Waals surface area (Å²) in [6.07, 6.45) is 1.93. The van der Waals surface area contributed by atoms with Crippen LogP contribution in [0.25, 0.3) is 31.1 Å². The standard InChI is InChI=1S/C17H15N7S2.ClH/c1-23-9-12-7-10(6-11(8-18)13(12)22-23)14-20-15-16(25-14)21-17(26-15)24-4-2-19-3-5-24;/h6-7,9,19H,2-5H2,1H3;1H. The molecule has 1 fully saturated rings. The van der Waals surface area contributed by atoms with Crippen molar-refractivity contribution in [2.45, 2.75) is 0 Å². The average Bonchev–Trinajstić information content (AvgIpc) is 3.33. The Morgan fingerprint density at radius 2 is 1.93 bits per heavy atom. The fraction of sp³-hybridized carbons (Fsp3) is 0.294. The Balaban J connectivity index is 0.00000180. The second-order valence-electron chi connectivity index (χ2n) is 6.24. The molecule has 3 aromatic heterocycles. The number of benzene rings is 1. The zero-order valence-electron chi connectivity index (χ0n) is 14.5. The predicted octanol–water partition coefficient (Wildman–Crippen LogP) is 3.01. The number of nitrogens with zero attached hydrogens (tertiary/aromatic N) is 6. The van der Waals surface area contributed by atoms with Crippen molar-refractivity contribution in [2.75, 3.05) is 31.1 Å². The molecule has 0 atom stereocenters. The zero-order valence-corrected chi connectivity index (χ0v) is 16.9. The molecule has 0 unspecified atom stereocenters. The van der Waals surface area contributed by atoms with E-state index in [1.54, 1.807) is 27.4 Å². The quantitative estimate of drug-likeness (QED) is 0.539. The Hall–Kier alpha value is -2.25. The number of nitriles is 1. The van der Waals surface area contributed by atoms with Crippen LogP contribution >= 0.6 is 35.1 Å². The summed E-state index contributed by atoms with van der Waals surface area (Å²) in [6.45, 7) is 3.95. The van der Waals surface area contributed by atoms with E-state index in [2.05, 4.69) is 21.4 Å². The van der Waals surface area contributed by atoms with Crippen LogP contribution in [-0.4, -0.2) is 45.9 Å². The minimum absolute atomic E-state index is 0. The van der Waals surface area contributed by atoms with Crippen LogP contribution in [0.15, 0.2) is 18.3 Å². The number of anilines is 1. The van der Waals surface area contributed by atoms with Gasteiger partial charge in [0.15, 0.2) is 14.8 Å². The van der Waals surface area contributed by atoms with Crippen LogP contribution in [0.1, 0.15) is 5.56 Å². The van der Waals surface area contributed by atoms with Gasteiger partial charge >= 0.3 is 0 Å². The summed E-state index contributed by atoms with van der Waals surface area (Å²) in [6, 6.07) is 6.16. The highest BCUT2D eigenvalue weighted by Crippen LogP contribution is 2.37. The van der Waals surface area contributed by atoms with Gasteiger partial charge in [-0.15, -0.1) is 12.4 Å². The number of aryl methyl sites for hydroxylation is 1. The Bertz CT molecular complexity index is 1130. The molecule has 0 amide bonds. The Morgan fingerprint density at radius 3 is 2.67 bits per heavy atom. The number of rotatable bonds is 2. The minimum Gasteiger partial charge on any atom is -0.345 e. The van der Waals surface area contributed by atoms with E-state index in [0.717, 1.165) is 62.4 Å². The molecule has 4 heterocycles. The third kappa shape index (κ3) is 3.15. The van der Waals surface area contributed by atoms with Crippen molar-refractivity contribution in [2.24, 2.45) is 7.05 Å². The van der Waals surface area contributed by atoms with Gasteiger partial charge in [-0.2, -0.15) is 10.4 Å². The number of thiazole rings is 2. The molecule has 1 aliphatic heterocycles. The first-order valence-electron chi connectivity index (χ1n) is 8.32. The van der Waals surface area contributed by atoms with Gasteiger partial charge in [0.25, 0.3) is 0 Å². The lowest BCUT2D eigenvalue weighted by Gasteiger charge is -2.26. The number of fused-ring (bicyclic) bond motifs is 2. The van der Waals surface area contributed by atoms with Gasteiger partial charge in [0, 0.05) is 50.4 Å². The highest BCUT2D eigenvalue weighted by Gasteiger charge is 2.18. The molecule has 1 aromatic carbocycles. The molecule has 7 nitrogen and oxygen atoms in total. The van der Waals surface area contributed by atoms with Crippen molar-refractivity contribution in [1.29, 1.82) is 5.26 Å². The number of hydrogen-bond acceptors (Lipinski definition) is 8. The lowest BCUT2D eigenvalue weighted by atomic mass is 10.1. The molecule has 138 valence electrons. The van der Waals surface area contributed by atoms with Gasteiger partial charge in [-0.05, 0) is 12.1 Å². The van der Waals surface area contributed by atoms with E-state index in [1.165, 1.54) is 0 Å². The fourth-order valence-corrected chi connectivity index (χ4v) is 5.29. The molecule has 4 aromatic rings. The topological polar surface area (TPSA) is 82.7 Å². The lowest BCUT2D eigenvalue weighted by molar-refractivity contribution is 0.588. The molecule has 0 aliphatic carbocycles. The maximum Gasteiger partial charge on any atom is 0.188 e. The molecule has 0 radical (unpaired) electrons. The molecule has 0 spiro atoms. The first-order valence-corrected chi connectivity index (χ1v) is 9.95. The maximum atomic E-state index is 9.46. The predicted molar refractivity (Wildman–Crippen MR) is 112 cm³/mol. The highest BCUT2D eigenvalue weighted by atomic mass is 35.5. The van der Waals surface area contributed by atoms with Crippen molar-refractivity contribution in [3.8, 4) is 16.6 Å². The van der Waals surface area contributed by atoms with Crippen LogP contribution in [0.2, 0.25) is 0 Å². The number of piperazine rings is 1. The lowest BCUT2D eigenvalue weighted by Crippen LogP contribution is -2.43. The van der Waals surface area contributed by atoms with E-state index in [0.29, 0.717) is 5.56 Å². The summed E-state index contributed by atoms with van der Waals surface area (Å²) in [4.78, 5) is 13.8. The molecule has 1 saturated heterocycles. The molecule has 1 aliphatic rings. The van der Waals surface area contributed by atoms with Crippen LogP contribution in [0, 0.1) is 11.3 Å². The highest BCUT2D eigenvalue weighted by molar-refractivity contribution is 7.29. The Kier molecular flexibility index (Phi) is 4.74. The second-order valence-corrected chi connectivity index (χ2v) is 8.17. The first kappa shape index (κ1) is 18.1. The molecule has 0 saturated carbocycles. The van der Waals surface area contributed by atoms with E-state index in [-0.39, 0.29) is 12.4 Å². The van der Waals surface area contributed by atoms with Crippen molar-refractivity contribution in [3.63, 3.8) is 0 Å². The normalized spacial score (nSPS) is 14.4. The monoisotopic (exact) mass is 417 g/mol. The van der Waals surface area contributed by atoms with Gasteiger partial charge < -0.3 is 10.2 Å². The van der Waals surface area contributed by atoms with E-state index in [4.69, 9.17) is 9.97 Å². The van der Waals surface area contributed by atoms with E-state index in [1.807, 2.05) is 25.4 Å². The van der Waals surface area contributed by atoms with Crippen LogP contribution in [-0.2, 0) is 7.05 Å². The largest absolute Gasteiger partial charge is 0.345 e. The van der Waals surface area contributed by atoms with Crippen molar-refractivity contribution < 1.29 is 0 Å². The molecular formula is C17H16ClN7S2. The summed E-state index contributed by atoms with van der Waals surface area (Å²) in [5, 5.41) is 20.1. The summed E-state index contributed by atoms with van der Waals surface area (Å²) < 4.78 is 1.73. The number of aromatic nitrogens is 4. The zero-order chi connectivity index (χ0) is 17.7. The number of nitrogens with one attached hydrogen (secondary N) is 1. The van der Waals surface area contributed by atoms with Gasteiger partial charge in [0.1, 0.15) is 16.6 Å². The van der Waals surface area contributed by atoms with Gasteiger partial charge in [-0.1, -0.05) is 22.7 Å². The average molecular weight is 418 g/mol. The van der Waals surface area contributed by atoms with E-state index in [9.17, 15) is 5.26 Å². The SMILES string of the molecule is Cl.Cn1cc2cc(-c3nc4sc(N5CCNCC5)nc4s3)cc(C#N)c2n1. The molecule has 1 N–H and O–H groups in total. The Morgan fingerprint density at radius 1 is 1.15 bits per heavy atom. The van der Waals surface area contributed by atoms with Crippen molar-refractivity contribution in [1.82, 2.24) is 25.1 Å². The van der Waals surface area contributed by atoms with Gasteiger partial charge in [0.2, 0.25) is 0 Å². The molecule has 27 heavy (non-hydrogen) atoms. The van der Waals surface area contributed by atoms with Crippen LogP contribution in [0.5, 0.6) is 0 Å². The van der Waals surface area contributed by atoms with Gasteiger partial charge in [-0.25, -0.2) is 9.97 Å². The van der Waals surface area contributed by atoms with Crippen molar-refractivity contribution in [3.05, 3.63) is 23.9 Å². The van der Waals surface area contributed by atoms with E-state index >= 15 is 0 Å². The summed E-state index contributed by atoms with van der Waals surface area (Å²) in [7, 11) is 1.86. The summed E-state index contributed by atoms with van der Waals surface area (Å²) in [5.41, 5.74) is 2.25. The Labute approximate surface area is 169 Å². The summed E-state index contributed by atoms with van der Waals surface area (Å²) in [5.74, 6) is 0. The minimum atomic E-state index is 0. The second kappa shape index (κ2) is 7.05. The van der Waals surface area contributed by atoms with E-state index < -0.39 is 0 Å². The fourth-order valence-electron chi connectivity index (χ4n) is 3.21. The number of hydrogen-bond donors (Lipinski definition) is 1. The number of halogens is 1. The molecular weight excluding hydrogens is 402 g/mol. The van der Waals surface area contributed by atoms with Gasteiger partial charge in [0.05, 0.1) is 5.56 Å². The third-order valence-electron chi connectivity index (χ3n) is 4.44. The van der Waals surface area contributed by atoms with Crippen LogP contribution < -0.4 is 10.2 Å². The third-order valence-corrected chi connectivity index (χ3v) is 6.58. The first-order chi connectivity index (χ1) is 12.7. The maximum absolute atomic E-state index is 9.46.